The largest absolute Gasteiger partial charge is 0.496 e. The molecule has 2 heterocycles. The number of rotatable bonds is 2. The number of thiazole rings is 1. The number of hydrogen-bond donors (Lipinski definition) is 1. The van der Waals surface area contributed by atoms with E-state index in [1.807, 2.05) is 35.0 Å². The third kappa shape index (κ3) is 1.64. The van der Waals surface area contributed by atoms with Crippen molar-refractivity contribution in [1.29, 1.82) is 0 Å². The number of fused-ring (bicyclic) bond motifs is 1. The molecule has 0 aliphatic heterocycles. The SMILES string of the molecule is COc1ccc(-c2cn3c(N)csc3n2)cc1C. The number of anilines is 1. The molecule has 0 saturated heterocycles. The van der Waals surface area contributed by atoms with Crippen LogP contribution in [-0.2, 0) is 0 Å². The monoisotopic (exact) mass is 259 g/mol. The Hall–Kier alpha value is -2.01. The minimum Gasteiger partial charge on any atom is -0.496 e. The molecular weight excluding hydrogens is 246 g/mol. The predicted molar refractivity (Wildman–Crippen MR) is 74.2 cm³/mol. The Morgan fingerprint density at radius 3 is 2.89 bits per heavy atom. The molecule has 0 bridgehead atoms. The first-order valence-electron chi connectivity index (χ1n) is 5.56. The van der Waals surface area contributed by atoms with Crippen molar-refractivity contribution >= 4 is 22.1 Å². The highest BCUT2D eigenvalue weighted by Gasteiger charge is 2.09. The summed E-state index contributed by atoms with van der Waals surface area (Å²) in [5.74, 6) is 1.61. The fourth-order valence-electron chi connectivity index (χ4n) is 1.98. The van der Waals surface area contributed by atoms with Gasteiger partial charge >= 0.3 is 0 Å². The molecule has 0 atom stereocenters. The molecule has 0 aliphatic carbocycles. The second-order valence-corrected chi connectivity index (χ2v) is 4.96. The van der Waals surface area contributed by atoms with E-state index in [0.29, 0.717) is 0 Å². The van der Waals surface area contributed by atoms with Crippen LogP contribution in [0.5, 0.6) is 5.75 Å². The molecule has 3 aromatic rings. The van der Waals surface area contributed by atoms with Gasteiger partial charge in [-0.15, -0.1) is 11.3 Å². The van der Waals surface area contributed by atoms with E-state index in [4.69, 9.17) is 10.5 Å². The van der Waals surface area contributed by atoms with E-state index in [-0.39, 0.29) is 0 Å². The van der Waals surface area contributed by atoms with Crippen LogP contribution >= 0.6 is 11.3 Å². The summed E-state index contributed by atoms with van der Waals surface area (Å²) in [4.78, 5) is 5.47. The number of nitrogens with zero attached hydrogens (tertiary/aromatic N) is 2. The Morgan fingerprint density at radius 1 is 1.39 bits per heavy atom. The molecule has 5 heteroatoms. The zero-order valence-electron chi connectivity index (χ0n) is 10.2. The zero-order chi connectivity index (χ0) is 12.7. The number of benzene rings is 1. The molecule has 18 heavy (non-hydrogen) atoms. The van der Waals surface area contributed by atoms with E-state index in [1.54, 1.807) is 18.4 Å². The van der Waals surface area contributed by atoms with Crippen molar-refractivity contribution in [2.45, 2.75) is 6.92 Å². The maximum absolute atomic E-state index is 5.86. The molecule has 2 aromatic heterocycles. The first-order valence-corrected chi connectivity index (χ1v) is 6.44. The van der Waals surface area contributed by atoms with E-state index in [0.717, 1.165) is 33.3 Å². The number of nitrogen functional groups attached to an aromatic ring is 1. The van der Waals surface area contributed by atoms with Crippen LogP contribution in [-0.4, -0.2) is 16.5 Å². The first-order chi connectivity index (χ1) is 8.69. The van der Waals surface area contributed by atoms with Gasteiger partial charge in [-0.05, 0) is 30.7 Å². The Balaban J connectivity index is 2.10. The average Bonchev–Trinajstić information content (AvgIpc) is 2.92. The molecule has 0 unspecified atom stereocenters. The van der Waals surface area contributed by atoms with Crippen molar-refractivity contribution in [2.75, 3.05) is 12.8 Å². The van der Waals surface area contributed by atoms with E-state index < -0.39 is 0 Å². The van der Waals surface area contributed by atoms with Crippen LogP contribution in [0.1, 0.15) is 5.56 Å². The number of methoxy groups -OCH3 is 1. The number of aryl methyl sites for hydroxylation is 1. The Bertz CT molecular complexity index is 714. The summed E-state index contributed by atoms with van der Waals surface area (Å²) in [6.07, 6.45) is 1.96. The zero-order valence-corrected chi connectivity index (χ0v) is 11.0. The van der Waals surface area contributed by atoms with E-state index in [2.05, 4.69) is 11.1 Å². The van der Waals surface area contributed by atoms with E-state index in [9.17, 15) is 0 Å². The van der Waals surface area contributed by atoms with Gasteiger partial charge in [-0.25, -0.2) is 4.98 Å². The molecule has 2 N–H and O–H groups in total. The van der Waals surface area contributed by atoms with Crippen LogP contribution in [0, 0.1) is 6.92 Å². The van der Waals surface area contributed by atoms with E-state index >= 15 is 0 Å². The Labute approximate surface area is 109 Å². The second-order valence-electron chi connectivity index (χ2n) is 4.12. The van der Waals surface area contributed by atoms with Gasteiger partial charge in [0.05, 0.1) is 12.8 Å². The number of nitrogens with two attached hydrogens (primary N) is 1. The Morgan fingerprint density at radius 2 is 2.22 bits per heavy atom. The smallest absolute Gasteiger partial charge is 0.195 e. The van der Waals surface area contributed by atoms with Crippen LogP contribution in [0.3, 0.4) is 0 Å². The molecule has 3 rings (SSSR count). The van der Waals surface area contributed by atoms with Gasteiger partial charge in [0.2, 0.25) is 0 Å². The number of aromatic nitrogens is 2. The lowest BCUT2D eigenvalue weighted by molar-refractivity contribution is 0.412. The highest BCUT2D eigenvalue weighted by Crippen LogP contribution is 2.28. The summed E-state index contributed by atoms with van der Waals surface area (Å²) >= 11 is 1.54. The molecule has 0 aliphatic rings. The minimum absolute atomic E-state index is 0.721. The molecule has 0 spiro atoms. The molecule has 0 fully saturated rings. The van der Waals surface area contributed by atoms with Gasteiger partial charge in [0.15, 0.2) is 4.96 Å². The summed E-state index contributed by atoms with van der Waals surface area (Å²) in [5.41, 5.74) is 8.96. The minimum atomic E-state index is 0.721. The normalized spacial score (nSPS) is 11.0. The lowest BCUT2D eigenvalue weighted by Gasteiger charge is -2.05. The maximum atomic E-state index is 5.86. The molecule has 1 aromatic carbocycles. The van der Waals surface area contributed by atoms with Crippen molar-refractivity contribution < 1.29 is 4.74 Å². The predicted octanol–water partition coefficient (Wildman–Crippen LogP) is 2.96. The van der Waals surface area contributed by atoms with Crippen molar-refractivity contribution in [3.63, 3.8) is 0 Å². The number of hydrogen-bond acceptors (Lipinski definition) is 4. The van der Waals surface area contributed by atoms with Gasteiger partial charge in [0.25, 0.3) is 0 Å². The summed E-state index contributed by atoms with van der Waals surface area (Å²) in [5, 5.41) is 1.89. The van der Waals surface area contributed by atoms with Crippen molar-refractivity contribution in [3.8, 4) is 17.0 Å². The molecular formula is C13H13N3OS. The van der Waals surface area contributed by atoms with Gasteiger partial charge in [-0.2, -0.15) is 0 Å². The summed E-state index contributed by atoms with van der Waals surface area (Å²) in [6, 6.07) is 6.04. The number of ether oxygens (including phenoxy) is 1. The summed E-state index contributed by atoms with van der Waals surface area (Å²) in [6.45, 7) is 2.02. The fourth-order valence-corrected chi connectivity index (χ4v) is 2.74. The molecule has 92 valence electrons. The van der Waals surface area contributed by atoms with E-state index in [1.165, 1.54) is 0 Å². The third-order valence-corrected chi connectivity index (χ3v) is 3.79. The third-order valence-electron chi connectivity index (χ3n) is 2.93. The van der Waals surface area contributed by atoms with Crippen molar-refractivity contribution in [3.05, 3.63) is 35.3 Å². The van der Waals surface area contributed by atoms with Crippen LogP contribution < -0.4 is 10.5 Å². The van der Waals surface area contributed by atoms with Gasteiger partial charge < -0.3 is 10.5 Å². The van der Waals surface area contributed by atoms with Gasteiger partial charge in [-0.3, -0.25) is 4.40 Å². The van der Waals surface area contributed by atoms with Gasteiger partial charge in [0.1, 0.15) is 11.6 Å². The van der Waals surface area contributed by atoms with Gasteiger partial charge in [0, 0.05) is 17.1 Å². The lowest BCUT2D eigenvalue weighted by atomic mass is 10.1. The maximum Gasteiger partial charge on any atom is 0.195 e. The lowest BCUT2D eigenvalue weighted by Crippen LogP contribution is -1.88. The van der Waals surface area contributed by atoms with Crippen LogP contribution in [0.25, 0.3) is 16.2 Å². The molecule has 0 radical (unpaired) electrons. The molecule has 4 nitrogen and oxygen atoms in total. The second kappa shape index (κ2) is 4.03. The molecule has 0 saturated carbocycles. The standard InChI is InChI=1S/C13H13N3OS/c1-8-5-9(3-4-11(8)17-2)10-6-16-12(14)7-18-13(16)15-10/h3-7H,14H2,1-2H3. The fraction of sp³-hybridized carbons (Fsp3) is 0.154. The number of imidazole rings is 1. The highest BCUT2D eigenvalue weighted by atomic mass is 32.1. The van der Waals surface area contributed by atoms with Crippen LogP contribution in [0.2, 0.25) is 0 Å². The summed E-state index contributed by atoms with van der Waals surface area (Å²) < 4.78 is 7.16. The average molecular weight is 259 g/mol. The van der Waals surface area contributed by atoms with Crippen molar-refractivity contribution in [2.24, 2.45) is 0 Å². The van der Waals surface area contributed by atoms with Crippen LogP contribution in [0.15, 0.2) is 29.8 Å². The highest BCUT2D eigenvalue weighted by molar-refractivity contribution is 7.15. The van der Waals surface area contributed by atoms with Crippen LogP contribution in [0.4, 0.5) is 5.82 Å². The molecule has 0 amide bonds. The quantitative estimate of drug-likeness (QED) is 0.769. The van der Waals surface area contributed by atoms with Gasteiger partial charge in [-0.1, -0.05) is 0 Å². The van der Waals surface area contributed by atoms with Crippen molar-refractivity contribution in [1.82, 2.24) is 9.38 Å². The topological polar surface area (TPSA) is 52.5 Å². The summed E-state index contributed by atoms with van der Waals surface area (Å²) in [7, 11) is 1.68. The first kappa shape index (κ1) is 11.1. The Kier molecular flexibility index (Phi) is 2.48.